The van der Waals surface area contributed by atoms with Crippen molar-refractivity contribution in [2.45, 2.75) is 24.7 Å². The quantitative estimate of drug-likeness (QED) is 0.705. The van der Waals surface area contributed by atoms with Crippen LogP contribution >= 0.6 is 0 Å². The Labute approximate surface area is 130 Å². The van der Waals surface area contributed by atoms with E-state index in [9.17, 15) is 13.2 Å². The SMILES string of the molecule is FC(F)(F)[C@H]1C[C@H](c2cccc3ccccc23)Nc2ccnn21. The van der Waals surface area contributed by atoms with Gasteiger partial charge in [-0.25, -0.2) is 4.68 Å². The minimum absolute atomic E-state index is 0.0772. The number of fused-ring (bicyclic) bond motifs is 2. The minimum atomic E-state index is -4.33. The van der Waals surface area contributed by atoms with Gasteiger partial charge >= 0.3 is 6.18 Å². The number of anilines is 1. The first-order valence-corrected chi connectivity index (χ1v) is 7.38. The summed E-state index contributed by atoms with van der Waals surface area (Å²) in [7, 11) is 0. The van der Waals surface area contributed by atoms with E-state index in [4.69, 9.17) is 0 Å². The lowest BCUT2D eigenvalue weighted by molar-refractivity contribution is -0.173. The van der Waals surface area contributed by atoms with Gasteiger partial charge in [0.1, 0.15) is 5.82 Å². The van der Waals surface area contributed by atoms with Crippen LogP contribution in [0.3, 0.4) is 0 Å². The lowest BCUT2D eigenvalue weighted by atomic mass is 9.93. The Morgan fingerprint density at radius 3 is 2.65 bits per heavy atom. The van der Waals surface area contributed by atoms with Crippen LogP contribution in [0.2, 0.25) is 0 Å². The van der Waals surface area contributed by atoms with E-state index in [-0.39, 0.29) is 6.42 Å². The Balaban J connectivity index is 1.81. The molecule has 0 fully saturated rings. The molecule has 23 heavy (non-hydrogen) atoms. The van der Waals surface area contributed by atoms with Crippen LogP contribution in [-0.4, -0.2) is 16.0 Å². The Morgan fingerprint density at radius 2 is 1.83 bits per heavy atom. The standard InChI is InChI=1S/C17H14F3N3/c18-17(19,20)15-10-14(22-16-8-9-21-23(15)16)13-7-3-5-11-4-1-2-6-12(11)13/h1-9,14-15,22H,10H2/t14-,15-/m1/s1. The van der Waals surface area contributed by atoms with Crippen molar-refractivity contribution < 1.29 is 13.2 Å². The maximum absolute atomic E-state index is 13.4. The van der Waals surface area contributed by atoms with Crippen molar-refractivity contribution >= 4 is 16.6 Å². The molecule has 2 aromatic carbocycles. The Hall–Kier alpha value is -2.50. The molecule has 1 N–H and O–H groups in total. The van der Waals surface area contributed by atoms with Gasteiger partial charge in [0, 0.05) is 12.5 Å². The van der Waals surface area contributed by atoms with E-state index in [0.29, 0.717) is 5.82 Å². The molecule has 0 unspecified atom stereocenters. The lowest BCUT2D eigenvalue weighted by Gasteiger charge is -2.34. The number of nitrogens with one attached hydrogen (secondary N) is 1. The van der Waals surface area contributed by atoms with E-state index in [0.717, 1.165) is 21.0 Å². The molecule has 3 aromatic rings. The first kappa shape index (κ1) is 14.1. The third-order valence-corrected chi connectivity index (χ3v) is 4.32. The predicted molar refractivity (Wildman–Crippen MR) is 82.2 cm³/mol. The molecule has 0 saturated heterocycles. The summed E-state index contributed by atoms with van der Waals surface area (Å²) in [6.07, 6.45) is -3.01. The van der Waals surface area contributed by atoms with Crippen LogP contribution in [0.5, 0.6) is 0 Å². The van der Waals surface area contributed by atoms with Crippen molar-refractivity contribution in [2.75, 3.05) is 5.32 Å². The summed E-state index contributed by atoms with van der Waals surface area (Å²) in [4.78, 5) is 0. The average Bonchev–Trinajstić information content (AvgIpc) is 3.00. The molecular weight excluding hydrogens is 303 g/mol. The van der Waals surface area contributed by atoms with Crippen LogP contribution in [0.15, 0.2) is 54.7 Å². The maximum Gasteiger partial charge on any atom is 0.410 e. The lowest BCUT2D eigenvalue weighted by Crippen LogP contribution is -2.35. The molecule has 1 aliphatic rings. The van der Waals surface area contributed by atoms with Gasteiger partial charge in [0.05, 0.1) is 12.2 Å². The highest BCUT2D eigenvalue weighted by Crippen LogP contribution is 2.44. The zero-order valence-electron chi connectivity index (χ0n) is 12.1. The largest absolute Gasteiger partial charge is 0.410 e. The van der Waals surface area contributed by atoms with Crippen LogP contribution in [0, 0.1) is 0 Å². The summed E-state index contributed by atoms with van der Waals surface area (Å²) in [5.41, 5.74) is 0.879. The molecule has 118 valence electrons. The van der Waals surface area contributed by atoms with Gasteiger partial charge in [-0.15, -0.1) is 0 Å². The van der Waals surface area contributed by atoms with Gasteiger partial charge in [-0.1, -0.05) is 42.5 Å². The predicted octanol–water partition coefficient (Wildman–Crippen LogP) is 4.70. The first-order chi connectivity index (χ1) is 11.0. The fourth-order valence-corrected chi connectivity index (χ4v) is 3.27. The van der Waals surface area contributed by atoms with Crippen LogP contribution < -0.4 is 5.32 Å². The molecule has 3 nitrogen and oxygen atoms in total. The van der Waals surface area contributed by atoms with Crippen LogP contribution in [0.25, 0.3) is 10.8 Å². The first-order valence-electron chi connectivity index (χ1n) is 7.38. The van der Waals surface area contributed by atoms with E-state index in [1.807, 2.05) is 42.5 Å². The summed E-state index contributed by atoms with van der Waals surface area (Å²) in [6, 6.07) is 13.0. The van der Waals surface area contributed by atoms with Crippen molar-refractivity contribution in [3.05, 3.63) is 60.3 Å². The van der Waals surface area contributed by atoms with Gasteiger partial charge in [-0.2, -0.15) is 18.3 Å². The number of rotatable bonds is 1. The van der Waals surface area contributed by atoms with Gasteiger partial charge in [-0.05, 0) is 16.3 Å². The zero-order chi connectivity index (χ0) is 16.0. The van der Waals surface area contributed by atoms with Crippen LogP contribution in [0.1, 0.15) is 24.1 Å². The number of benzene rings is 2. The second-order valence-corrected chi connectivity index (χ2v) is 5.72. The molecule has 2 heterocycles. The maximum atomic E-state index is 13.4. The second kappa shape index (κ2) is 5.01. The number of alkyl halides is 3. The van der Waals surface area contributed by atoms with Gasteiger partial charge in [0.2, 0.25) is 0 Å². The van der Waals surface area contributed by atoms with Crippen molar-refractivity contribution in [1.82, 2.24) is 9.78 Å². The number of hydrogen-bond donors (Lipinski definition) is 1. The van der Waals surface area contributed by atoms with Crippen molar-refractivity contribution in [2.24, 2.45) is 0 Å². The van der Waals surface area contributed by atoms with Crippen molar-refractivity contribution in [3.63, 3.8) is 0 Å². The highest BCUT2D eigenvalue weighted by atomic mass is 19.4. The molecule has 0 radical (unpaired) electrons. The molecule has 0 aliphatic carbocycles. The van der Waals surface area contributed by atoms with Crippen molar-refractivity contribution in [3.8, 4) is 0 Å². The van der Waals surface area contributed by atoms with E-state index < -0.39 is 18.3 Å². The van der Waals surface area contributed by atoms with E-state index in [2.05, 4.69) is 10.4 Å². The minimum Gasteiger partial charge on any atom is -0.363 e. The Kier molecular flexibility index (Phi) is 3.07. The normalized spacial score (nSPS) is 21.0. The molecule has 1 aromatic heterocycles. The molecule has 6 heteroatoms. The highest BCUT2D eigenvalue weighted by Gasteiger charge is 2.46. The molecule has 1 aliphatic heterocycles. The van der Waals surface area contributed by atoms with Gasteiger partial charge in [0.15, 0.2) is 6.04 Å². The Morgan fingerprint density at radius 1 is 1.04 bits per heavy atom. The van der Waals surface area contributed by atoms with Gasteiger partial charge in [0.25, 0.3) is 0 Å². The third-order valence-electron chi connectivity index (χ3n) is 4.32. The number of halogens is 3. The molecule has 0 bridgehead atoms. The van der Waals surface area contributed by atoms with E-state index in [1.54, 1.807) is 6.07 Å². The van der Waals surface area contributed by atoms with Crippen LogP contribution in [-0.2, 0) is 0 Å². The number of nitrogens with zero attached hydrogens (tertiary/aromatic N) is 2. The van der Waals surface area contributed by atoms with Crippen molar-refractivity contribution in [1.29, 1.82) is 0 Å². The van der Waals surface area contributed by atoms with E-state index >= 15 is 0 Å². The summed E-state index contributed by atoms with van der Waals surface area (Å²) in [6.45, 7) is 0. The molecular formula is C17H14F3N3. The van der Waals surface area contributed by atoms with Gasteiger partial charge in [-0.3, -0.25) is 0 Å². The summed E-state index contributed by atoms with van der Waals surface area (Å²) < 4.78 is 41.3. The van der Waals surface area contributed by atoms with Gasteiger partial charge < -0.3 is 5.32 Å². The summed E-state index contributed by atoms with van der Waals surface area (Å²) >= 11 is 0. The number of aromatic nitrogens is 2. The monoisotopic (exact) mass is 317 g/mol. The molecule has 4 rings (SSSR count). The topological polar surface area (TPSA) is 29.9 Å². The molecule has 0 spiro atoms. The number of hydrogen-bond acceptors (Lipinski definition) is 2. The summed E-state index contributed by atoms with van der Waals surface area (Å²) in [5, 5.41) is 9.01. The Bertz CT molecular complexity index is 848. The third kappa shape index (κ3) is 2.34. The van der Waals surface area contributed by atoms with Crippen LogP contribution in [0.4, 0.5) is 19.0 Å². The molecule has 0 amide bonds. The fourth-order valence-electron chi connectivity index (χ4n) is 3.27. The smallest absolute Gasteiger partial charge is 0.363 e. The molecule has 2 atom stereocenters. The fraction of sp³-hybridized carbons (Fsp3) is 0.235. The average molecular weight is 317 g/mol. The van der Waals surface area contributed by atoms with E-state index in [1.165, 1.54) is 6.20 Å². The molecule has 0 saturated carbocycles. The second-order valence-electron chi connectivity index (χ2n) is 5.72. The zero-order valence-corrected chi connectivity index (χ0v) is 12.1. The highest BCUT2D eigenvalue weighted by molar-refractivity contribution is 5.86. The summed E-state index contributed by atoms with van der Waals surface area (Å²) in [5.74, 6) is 0.400.